The van der Waals surface area contributed by atoms with Crippen molar-refractivity contribution in [2.24, 2.45) is 11.8 Å². The zero-order valence-corrected chi connectivity index (χ0v) is 8.82. The third kappa shape index (κ3) is 3.10. The number of nitrogens with one attached hydrogen (secondary N) is 1. The standard InChI is InChI=1S/C11H18F3N/c12-11(13,14)4-1-5-15-10-7-8-2-3-9(10)6-8/h8-10,15H,1-7H2. The lowest BCUT2D eigenvalue weighted by atomic mass is 9.95. The molecule has 88 valence electrons. The monoisotopic (exact) mass is 221 g/mol. The maximum Gasteiger partial charge on any atom is 0.389 e. The second kappa shape index (κ2) is 4.32. The summed E-state index contributed by atoms with van der Waals surface area (Å²) in [6.07, 6.45) is 0.690. The van der Waals surface area contributed by atoms with Gasteiger partial charge in [0.05, 0.1) is 0 Å². The van der Waals surface area contributed by atoms with Gasteiger partial charge in [0.15, 0.2) is 0 Å². The number of halogens is 3. The van der Waals surface area contributed by atoms with E-state index in [1.807, 2.05) is 0 Å². The first-order chi connectivity index (χ1) is 7.04. The zero-order valence-electron chi connectivity index (χ0n) is 8.82. The molecule has 3 atom stereocenters. The summed E-state index contributed by atoms with van der Waals surface area (Å²) in [5.41, 5.74) is 0. The molecular formula is C11H18F3N. The Balaban J connectivity index is 1.59. The highest BCUT2D eigenvalue weighted by molar-refractivity contribution is 4.93. The summed E-state index contributed by atoms with van der Waals surface area (Å²) in [4.78, 5) is 0. The van der Waals surface area contributed by atoms with E-state index in [0.29, 0.717) is 12.6 Å². The predicted octanol–water partition coefficient (Wildman–Crippen LogP) is 3.11. The van der Waals surface area contributed by atoms with Gasteiger partial charge in [-0.15, -0.1) is 0 Å². The summed E-state index contributed by atoms with van der Waals surface area (Å²) in [5.74, 6) is 1.61. The number of rotatable bonds is 4. The Kier molecular flexibility index (Phi) is 3.24. The molecule has 2 saturated carbocycles. The zero-order chi connectivity index (χ0) is 10.9. The van der Waals surface area contributed by atoms with E-state index >= 15 is 0 Å². The Labute approximate surface area is 88.4 Å². The maximum atomic E-state index is 11.9. The number of fused-ring (bicyclic) bond motifs is 2. The fourth-order valence-electron chi connectivity index (χ4n) is 3.07. The minimum Gasteiger partial charge on any atom is -0.314 e. The lowest BCUT2D eigenvalue weighted by molar-refractivity contribution is -0.135. The minimum atomic E-state index is -3.99. The summed E-state index contributed by atoms with van der Waals surface area (Å²) in [5, 5.41) is 3.29. The molecule has 0 aromatic carbocycles. The van der Waals surface area contributed by atoms with Crippen LogP contribution in [-0.4, -0.2) is 18.8 Å². The summed E-state index contributed by atoms with van der Waals surface area (Å²) in [6, 6.07) is 0.511. The van der Waals surface area contributed by atoms with E-state index in [1.54, 1.807) is 0 Å². The molecule has 0 radical (unpaired) electrons. The molecule has 0 saturated heterocycles. The van der Waals surface area contributed by atoms with Crippen LogP contribution in [0.15, 0.2) is 0 Å². The normalized spacial score (nSPS) is 35.0. The Morgan fingerprint density at radius 2 is 1.93 bits per heavy atom. The predicted molar refractivity (Wildman–Crippen MR) is 52.5 cm³/mol. The van der Waals surface area contributed by atoms with Gasteiger partial charge in [-0.25, -0.2) is 0 Å². The molecule has 0 amide bonds. The second-order valence-electron chi connectivity index (χ2n) is 4.95. The van der Waals surface area contributed by atoms with Gasteiger partial charge in [-0.3, -0.25) is 0 Å². The highest BCUT2D eigenvalue weighted by atomic mass is 19.4. The molecule has 2 fully saturated rings. The minimum absolute atomic E-state index is 0.220. The van der Waals surface area contributed by atoms with Crippen LogP contribution in [-0.2, 0) is 0 Å². The summed E-state index contributed by atoms with van der Waals surface area (Å²) in [7, 11) is 0. The Morgan fingerprint density at radius 3 is 2.47 bits per heavy atom. The van der Waals surface area contributed by atoms with Crippen molar-refractivity contribution < 1.29 is 13.2 Å². The first kappa shape index (κ1) is 11.2. The van der Waals surface area contributed by atoms with E-state index in [9.17, 15) is 13.2 Å². The molecule has 0 aromatic heterocycles. The van der Waals surface area contributed by atoms with Gasteiger partial charge in [0.25, 0.3) is 0 Å². The Bertz CT molecular complexity index is 214. The molecule has 2 aliphatic carbocycles. The van der Waals surface area contributed by atoms with Crippen molar-refractivity contribution in [1.82, 2.24) is 5.32 Å². The molecule has 0 aromatic rings. The molecular weight excluding hydrogens is 203 g/mol. The largest absolute Gasteiger partial charge is 0.389 e. The Hall–Kier alpha value is -0.250. The van der Waals surface area contributed by atoms with Crippen LogP contribution in [0, 0.1) is 11.8 Å². The van der Waals surface area contributed by atoms with Crippen LogP contribution in [0.2, 0.25) is 0 Å². The molecule has 1 nitrogen and oxygen atoms in total. The first-order valence-corrected chi connectivity index (χ1v) is 5.85. The molecule has 0 aliphatic heterocycles. The van der Waals surface area contributed by atoms with Crippen molar-refractivity contribution in [1.29, 1.82) is 0 Å². The molecule has 2 bridgehead atoms. The van der Waals surface area contributed by atoms with Crippen molar-refractivity contribution >= 4 is 0 Å². The van der Waals surface area contributed by atoms with Gasteiger partial charge in [-0.05, 0) is 44.1 Å². The highest BCUT2D eigenvalue weighted by Gasteiger charge is 2.39. The fraction of sp³-hybridized carbons (Fsp3) is 1.00. The van der Waals surface area contributed by atoms with Crippen LogP contribution in [0.25, 0.3) is 0 Å². The van der Waals surface area contributed by atoms with Crippen LogP contribution in [0.4, 0.5) is 13.2 Å². The van der Waals surface area contributed by atoms with E-state index in [2.05, 4.69) is 5.32 Å². The van der Waals surface area contributed by atoms with Gasteiger partial charge in [0.2, 0.25) is 0 Å². The van der Waals surface area contributed by atoms with Crippen LogP contribution in [0.1, 0.15) is 38.5 Å². The average molecular weight is 221 g/mol. The van der Waals surface area contributed by atoms with Crippen molar-refractivity contribution in [3.8, 4) is 0 Å². The SMILES string of the molecule is FC(F)(F)CCCNC1CC2CCC1C2. The van der Waals surface area contributed by atoms with E-state index in [1.165, 1.54) is 25.7 Å². The van der Waals surface area contributed by atoms with Crippen LogP contribution in [0.5, 0.6) is 0 Å². The van der Waals surface area contributed by atoms with E-state index in [4.69, 9.17) is 0 Å². The molecule has 15 heavy (non-hydrogen) atoms. The average Bonchev–Trinajstić information content (AvgIpc) is 2.71. The molecule has 2 aliphatic rings. The fourth-order valence-corrected chi connectivity index (χ4v) is 3.07. The maximum absolute atomic E-state index is 11.9. The molecule has 1 N–H and O–H groups in total. The van der Waals surface area contributed by atoms with E-state index in [0.717, 1.165) is 11.8 Å². The third-order valence-corrected chi connectivity index (χ3v) is 3.78. The van der Waals surface area contributed by atoms with Crippen LogP contribution >= 0.6 is 0 Å². The van der Waals surface area contributed by atoms with Gasteiger partial charge < -0.3 is 5.32 Å². The number of hydrogen-bond acceptors (Lipinski definition) is 1. The topological polar surface area (TPSA) is 12.0 Å². The van der Waals surface area contributed by atoms with Crippen molar-refractivity contribution in [3.63, 3.8) is 0 Å². The van der Waals surface area contributed by atoms with Crippen LogP contribution in [0.3, 0.4) is 0 Å². The Morgan fingerprint density at radius 1 is 1.13 bits per heavy atom. The molecule has 0 spiro atoms. The van der Waals surface area contributed by atoms with Gasteiger partial charge in [-0.2, -0.15) is 13.2 Å². The molecule has 4 heteroatoms. The van der Waals surface area contributed by atoms with E-state index in [-0.39, 0.29) is 6.42 Å². The second-order valence-corrected chi connectivity index (χ2v) is 4.95. The van der Waals surface area contributed by atoms with Crippen molar-refractivity contribution in [2.45, 2.75) is 50.7 Å². The third-order valence-electron chi connectivity index (χ3n) is 3.78. The number of alkyl halides is 3. The van der Waals surface area contributed by atoms with Gasteiger partial charge in [0.1, 0.15) is 0 Å². The number of hydrogen-bond donors (Lipinski definition) is 1. The lowest BCUT2D eigenvalue weighted by Crippen LogP contribution is -2.34. The summed E-state index contributed by atoms with van der Waals surface area (Å²) < 4.78 is 35.6. The quantitative estimate of drug-likeness (QED) is 0.719. The molecule has 0 heterocycles. The van der Waals surface area contributed by atoms with Gasteiger partial charge in [0, 0.05) is 12.5 Å². The van der Waals surface area contributed by atoms with Crippen molar-refractivity contribution in [2.75, 3.05) is 6.54 Å². The highest BCUT2D eigenvalue weighted by Crippen LogP contribution is 2.44. The first-order valence-electron chi connectivity index (χ1n) is 5.85. The van der Waals surface area contributed by atoms with E-state index < -0.39 is 12.6 Å². The molecule has 3 unspecified atom stereocenters. The summed E-state index contributed by atoms with van der Waals surface area (Å²) in [6.45, 7) is 0.521. The van der Waals surface area contributed by atoms with Crippen molar-refractivity contribution in [3.05, 3.63) is 0 Å². The summed E-state index contributed by atoms with van der Waals surface area (Å²) >= 11 is 0. The smallest absolute Gasteiger partial charge is 0.314 e. The lowest BCUT2D eigenvalue weighted by Gasteiger charge is -2.23. The van der Waals surface area contributed by atoms with Gasteiger partial charge in [-0.1, -0.05) is 6.42 Å². The van der Waals surface area contributed by atoms with Gasteiger partial charge >= 0.3 is 6.18 Å². The van der Waals surface area contributed by atoms with Crippen LogP contribution < -0.4 is 5.32 Å². The molecule has 2 rings (SSSR count).